The maximum absolute atomic E-state index is 11.9. The lowest BCUT2D eigenvalue weighted by Crippen LogP contribution is -2.45. The third kappa shape index (κ3) is 1.95. The van der Waals surface area contributed by atoms with Gasteiger partial charge in [-0.1, -0.05) is 30.4 Å². The van der Waals surface area contributed by atoms with Crippen LogP contribution in [0, 0.1) is 15.3 Å². The molecule has 1 unspecified atom stereocenters. The Labute approximate surface area is 148 Å². The summed E-state index contributed by atoms with van der Waals surface area (Å²) in [7, 11) is 1.69. The monoisotopic (exact) mass is 352 g/mol. The van der Waals surface area contributed by atoms with Crippen LogP contribution in [0.1, 0.15) is 11.1 Å². The molecule has 0 amide bonds. The van der Waals surface area contributed by atoms with Crippen molar-refractivity contribution in [2.45, 2.75) is 5.72 Å². The van der Waals surface area contributed by atoms with E-state index in [1.165, 1.54) is 0 Å². The number of nitro groups is 1. The van der Waals surface area contributed by atoms with Crippen molar-refractivity contribution in [1.82, 2.24) is 0 Å². The standard InChI is InChI=1S/C18H14N3O5/c1-19-14-9-3-2-4-10-16(14)26-18(19)13-8-6-5-7-12(13)15(20(22)23)11-17(18)21(24)25/h2-11H,1H3,(H,22,23)/q+1. The second kappa shape index (κ2) is 5.41. The van der Waals surface area contributed by atoms with Crippen molar-refractivity contribution in [3.05, 3.63) is 98.6 Å². The highest BCUT2D eigenvalue weighted by molar-refractivity contribution is 6.09. The molecule has 3 aliphatic rings. The van der Waals surface area contributed by atoms with E-state index in [0.29, 0.717) is 22.6 Å². The predicted octanol–water partition coefficient (Wildman–Crippen LogP) is 1.83. The fourth-order valence-electron chi connectivity index (χ4n) is 3.52. The van der Waals surface area contributed by atoms with Crippen molar-refractivity contribution in [3.63, 3.8) is 0 Å². The molecular formula is C18H14N3O5+. The topological polar surface area (TPSA) is 102 Å². The largest absolute Gasteiger partial charge is 0.428 e. The summed E-state index contributed by atoms with van der Waals surface area (Å²) in [5.74, 6) is 0.478. The van der Waals surface area contributed by atoms with Gasteiger partial charge in [-0.25, -0.2) is 0 Å². The highest BCUT2D eigenvalue weighted by atomic mass is 16.8. The van der Waals surface area contributed by atoms with Crippen LogP contribution >= 0.6 is 0 Å². The summed E-state index contributed by atoms with van der Waals surface area (Å²) in [6, 6.07) is 6.65. The van der Waals surface area contributed by atoms with Crippen molar-refractivity contribution in [3.8, 4) is 0 Å². The van der Waals surface area contributed by atoms with Gasteiger partial charge in [-0.2, -0.15) is 4.58 Å². The number of fused-ring (bicyclic) bond motifs is 3. The Hall–Kier alpha value is -3.68. The summed E-state index contributed by atoms with van der Waals surface area (Å²) in [4.78, 5) is 10.9. The van der Waals surface area contributed by atoms with E-state index in [1.54, 1.807) is 54.1 Å². The molecule has 2 aliphatic carbocycles. The number of hydrogen-bond acceptors (Lipinski definition) is 5. The SMILES string of the molecule is C[N+]1=C2C=CC=CC=C2OC12C([N+](=O)[O-])=C/C(=[N+](/[O-])O)c1ccccc12. The van der Waals surface area contributed by atoms with Gasteiger partial charge >= 0.3 is 11.4 Å². The molecule has 1 spiro atoms. The minimum atomic E-state index is -1.55. The average Bonchev–Trinajstić information content (AvgIpc) is 2.77. The summed E-state index contributed by atoms with van der Waals surface area (Å²) in [6.07, 6.45) is 10.0. The zero-order chi connectivity index (χ0) is 18.5. The molecule has 1 aromatic rings. The van der Waals surface area contributed by atoms with E-state index in [0.717, 1.165) is 6.08 Å². The summed E-state index contributed by atoms with van der Waals surface area (Å²) in [5.41, 5.74) is -0.681. The fourth-order valence-corrected chi connectivity index (χ4v) is 3.52. The molecule has 1 aliphatic heterocycles. The van der Waals surface area contributed by atoms with Gasteiger partial charge in [-0.3, -0.25) is 15.3 Å². The molecule has 130 valence electrons. The normalized spacial score (nSPS) is 25.1. The smallest absolute Gasteiger partial charge is 0.417 e. The van der Waals surface area contributed by atoms with Crippen molar-refractivity contribution in [1.29, 1.82) is 0 Å². The second-order valence-electron chi connectivity index (χ2n) is 5.96. The van der Waals surface area contributed by atoms with Gasteiger partial charge in [-0.15, -0.1) is 0 Å². The molecule has 8 nitrogen and oxygen atoms in total. The van der Waals surface area contributed by atoms with Crippen LogP contribution in [0.3, 0.4) is 0 Å². The van der Waals surface area contributed by atoms with Crippen molar-refractivity contribution in [2.75, 3.05) is 7.05 Å². The van der Waals surface area contributed by atoms with Gasteiger partial charge in [0.25, 0.3) is 5.71 Å². The van der Waals surface area contributed by atoms with Gasteiger partial charge in [0.05, 0.1) is 16.1 Å². The molecule has 0 fully saturated rings. The summed E-state index contributed by atoms with van der Waals surface area (Å²) in [6.45, 7) is 0. The number of ether oxygens (including phenoxy) is 1. The lowest BCUT2D eigenvalue weighted by atomic mass is 9.86. The maximum atomic E-state index is 11.9. The van der Waals surface area contributed by atoms with Crippen LogP contribution in [0.2, 0.25) is 0 Å². The molecule has 0 saturated carbocycles. The molecule has 1 heterocycles. The molecule has 1 N–H and O–H groups in total. The third-order valence-corrected chi connectivity index (χ3v) is 4.66. The number of rotatable bonds is 1. The first kappa shape index (κ1) is 15.8. The minimum Gasteiger partial charge on any atom is -0.417 e. The maximum Gasteiger partial charge on any atom is 0.428 e. The van der Waals surface area contributed by atoms with Gasteiger partial charge in [-0.05, 0) is 18.2 Å². The first-order valence-electron chi connectivity index (χ1n) is 7.81. The van der Waals surface area contributed by atoms with E-state index in [4.69, 9.17) is 4.74 Å². The summed E-state index contributed by atoms with van der Waals surface area (Å²) in [5, 5.41) is 32.9. The Morgan fingerprint density at radius 1 is 1.19 bits per heavy atom. The summed E-state index contributed by atoms with van der Waals surface area (Å²) >= 11 is 0. The van der Waals surface area contributed by atoms with E-state index >= 15 is 0 Å². The number of likely N-dealkylation sites (N-methyl/N-ethyl adjacent to an activating group) is 1. The molecule has 4 rings (SSSR count). The quantitative estimate of drug-likeness (QED) is 0.273. The molecule has 0 aromatic heterocycles. The van der Waals surface area contributed by atoms with E-state index in [1.807, 2.05) is 12.2 Å². The Kier molecular flexibility index (Phi) is 3.30. The number of benzene rings is 1. The number of allylic oxidation sites excluding steroid dienone is 6. The van der Waals surface area contributed by atoms with Crippen LogP contribution in [-0.2, 0) is 10.5 Å². The van der Waals surface area contributed by atoms with Gasteiger partial charge < -0.3 is 9.94 Å². The third-order valence-electron chi connectivity index (χ3n) is 4.66. The van der Waals surface area contributed by atoms with Crippen LogP contribution in [-0.4, -0.2) is 38.1 Å². The number of hydrogen-bond donors (Lipinski definition) is 1. The van der Waals surface area contributed by atoms with Crippen LogP contribution in [0.5, 0.6) is 0 Å². The van der Waals surface area contributed by atoms with Gasteiger partial charge in [0.1, 0.15) is 13.1 Å². The highest BCUT2D eigenvalue weighted by Crippen LogP contribution is 2.45. The average molecular weight is 352 g/mol. The highest BCUT2D eigenvalue weighted by Gasteiger charge is 2.65. The van der Waals surface area contributed by atoms with E-state index in [2.05, 4.69) is 0 Å². The zero-order valence-electron chi connectivity index (χ0n) is 13.7. The molecule has 8 heteroatoms. The predicted molar refractivity (Wildman–Crippen MR) is 91.4 cm³/mol. The Balaban J connectivity index is 2.09. The van der Waals surface area contributed by atoms with Crippen molar-refractivity contribution >= 4 is 11.4 Å². The molecule has 1 atom stereocenters. The molecule has 1 aromatic carbocycles. The van der Waals surface area contributed by atoms with E-state index in [9.17, 15) is 20.5 Å². The first-order chi connectivity index (χ1) is 12.5. The Bertz CT molecular complexity index is 1030. The lowest BCUT2D eigenvalue weighted by Gasteiger charge is -2.26. The first-order valence-corrected chi connectivity index (χ1v) is 7.81. The molecule has 26 heavy (non-hydrogen) atoms. The minimum absolute atomic E-state index is 0.212. The zero-order valence-corrected chi connectivity index (χ0v) is 13.7. The summed E-state index contributed by atoms with van der Waals surface area (Å²) < 4.78 is 7.80. The van der Waals surface area contributed by atoms with Gasteiger partial charge in [0, 0.05) is 11.0 Å². The van der Waals surface area contributed by atoms with Crippen molar-refractivity contribution in [2.24, 2.45) is 0 Å². The molecule has 0 bridgehead atoms. The van der Waals surface area contributed by atoms with E-state index in [-0.39, 0.29) is 16.3 Å². The number of nitrogens with zero attached hydrogens (tertiary/aromatic N) is 3. The van der Waals surface area contributed by atoms with Crippen LogP contribution < -0.4 is 0 Å². The second-order valence-corrected chi connectivity index (χ2v) is 5.96. The Morgan fingerprint density at radius 2 is 1.96 bits per heavy atom. The Morgan fingerprint density at radius 3 is 2.69 bits per heavy atom. The molecular weight excluding hydrogens is 338 g/mol. The lowest BCUT2D eigenvalue weighted by molar-refractivity contribution is -0.725. The van der Waals surface area contributed by atoms with Gasteiger partial charge in [0.15, 0.2) is 5.76 Å². The van der Waals surface area contributed by atoms with Crippen molar-refractivity contribution < 1.29 is 24.3 Å². The molecule has 0 radical (unpaired) electrons. The van der Waals surface area contributed by atoms with Crippen LogP contribution in [0.25, 0.3) is 0 Å². The van der Waals surface area contributed by atoms with Crippen LogP contribution in [0.15, 0.2) is 72.2 Å². The van der Waals surface area contributed by atoms with E-state index < -0.39 is 10.6 Å². The van der Waals surface area contributed by atoms with Gasteiger partial charge in [0.2, 0.25) is 5.71 Å². The fraction of sp³-hybridized carbons (Fsp3) is 0.111. The van der Waals surface area contributed by atoms with Crippen LogP contribution in [0.4, 0.5) is 0 Å². The molecule has 0 saturated heterocycles.